The van der Waals surface area contributed by atoms with Gasteiger partial charge >= 0.3 is 0 Å². The molecule has 2 aromatic rings. The van der Waals surface area contributed by atoms with Crippen LogP contribution < -0.4 is 5.73 Å². The fraction of sp³-hybridized carbons (Fsp3) is 0.250. The van der Waals surface area contributed by atoms with Crippen molar-refractivity contribution in [3.8, 4) is 0 Å². The molecule has 2 aromatic carbocycles. The van der Waals surface area contributed by atoms with Crippen LogP contribution >= 0.6 is 0 Å². The van der Waals surface area contributed by atoms with Gasteiger partial charge in [-0.3, -0.25) is 4.90 Å². The zero-order chi connectivity index (χ0) is 15.0. The molecule has 110 valence electrons. The standard InChI is InChI=1S/C16H18N2O2S/c1-21(19,20)16-6-2-12(3-7-16)9-18-10-13-4-5-15(17)8-14(13)11-18/h2-8H,9-11,17H2,1H3. The molecule has 1 aliphatic heterocycles. The lowest BCUT2D eigenvalue weighted by Gasteiger charge is -2.14. The lowest BCUT2D eigenvalue weighted by atomic mass is 10.1. The molecule has 0 fully saturated rings. The summed E-state index contributed by atoms with van der Waals surface area (Å²) < 4.78 is 22.9. The molecule has 5 heteroatoms. The first-order chi connectivity index (χ1) is 9.91. The Kier molecular flexibility index (Phi) is 3.47. The van der Waals surface area contributed by atoms with E-state index in [4.69, 9.17) is 5.73 Å². The number of benzene rings is 2. The van der Waals surface area contributed by atoms with Gasteiger partial charge in [-0.2, -0.15) is 0 Å². The molecule has 4 nitrogen and oxygen atoms in total. The van der Waals surface area contributed by atoms with Gasteiger partial charge in [-0.05, 0) is 41.0 Å². The molecule has 0 saturated heterocycles. The summed E-state index contributed by atoms with van der Waals surface area (Å²) in [6, 6.07) is 13.2. The van der Waals surface area contributed by atoms with Gasteiger partial charge in [0.05, 0.1) is 4.90 Å². The fourth-order valence-electron chi connectivity index (χ4n) is 2.70. The molecule has 0 saturated carbocycles. The molecular formula is C16H18N2O2S. The van der Waals surface area contributed by atoms with E-state index in [-0.39, 0.29) is 0 Å². The summed E-state index contributed by atoms with van der Waals surface area (Å²) in [7, 11) is -3.12. The fourth-order valence-corrected chi connectivity index (χ4v) is 3.33. The summed E-state index contributed by atoms with van der Waals surface area (Å²) in [5.41, 5.74) is 10.3. The molecule has 21 heavy (non-hydrogen) atoms. The van der Waals surface area contributed by atoms with E-state index in [1.54, 1.807) is 12.1 Å². The lowest BCUT2D eigenvalue weighted by molar-refractivity contribution is 0.275. The molecule has 0 amide bonds. The van der Waals surface area contributed by atoms with Crippen LogP contribution in [0.15, 0.2) is 47.4 Å². The van der Waals surface area contributed by atoms with E-state index < -0.39 is 9.84 Å². The Labute approximate surface area is 125 Å². The third-order valence-electron chi connectivity index (χ3n) is 3.78. The molecule has 0 unspecified atom stereocenters. The number of rotatable bonds is 3. The molecule has 0 aromatic heterocycles. The van der Waals surface area contributed by atoms with E-state index in [9.17, 15) is 8.42 Å². The first-order valence-electron chi connectivity index (χ1n) is 6.80. The Morgan fingerprint density at radius 1 is 1.05 bits per heavy atom. The normalized spacial score (nSPS) is 15.1. The smallest absolute Gasteiger partial charge is 0.175 e. The molecule has 1 aliphatic rings. The van der Waals surface area contributed by atoms with Gasteiger partial charge in [0, 0.05) is 31.6 Å². The van der Waals surface area contributed by atoms with Gasteiger partial charge in [0.25, 0.3) is 0 Å². The van der Waals surface area contributed by atoms with Gasteiger partial charge < -0.3 is 5.73 Å². The number of fused-ring (bicyclic) bond motifs is 1. The Morgan fingerprint density at radius 2 is 1.71 bits per heavy atom. The minimum Gasteiger partial charge on any atom is -0.399 e. The van der Waals surface area contributed by atoms with Crippen LogP contribution in [-0.2, 0) is 29.5 Å². The number of hydrogen-bond acceptors (Lipinski definition) is 4. The van der Waals surface area contributed by atoms with Crippen LogP contribution in [0.3, 0.4) is 0 Å². The Morgan fingerprint density at radius 3 is 2.38 bits per heavy atom. The Hall–Kier alpha value is -1.85. The van der Waals surface area contributed by atoms with Gasteiger partial charge in [0.15, 0.2) is 9.84 Å². The van der Waals surface area contributed by atoms with E-state index in [0.29, 0.717) is 4.90 Å². The highest BCUT2D eigenvalue weighted by Gasteiger charge is 2.19. The molecule has 0 radical (unpaired) electrons. The van der Waals surface area contributed by atoms with Crippen LogP contribution in [0.4, 0.5) is 5.69 Å². The number of nitrogens with two attached hydrogens (primary N) is 1. The van der Waals surface area contributed by atoms with Crippen molar-refractivity contribution in [1.82, 2.24) is 4.90 Å². The van der Waals surface area contributed by atoms with Crippen molar-refractivity contribution in [2.24, 2.45) is 0 Å². The second-order valence-electron chi connectivity index (χ2n) is 5.59. The van der Waals surface area contributed by atoms with Crippen LogP contribution in [0.25, 0.3) is 0 Å². The van der Waals surface area contributed by atoms with Gasteiger partial charge in [0.1, 0.15) is 0 Å². The molecule has 3 rings (SSSR count). The average molecular weight is 302 g/mol. The van der Waals surface area contributed by atoms with Gasteiger partial charge in [0.2, 0.25) is 0 Å². The van der Waals surface area contributed by atoms with Gasteiger partial charge in [-0.15, -0.1) is 0 Å². The second-order valence-corrected chi connectivity index (χ2v) is 7.61. The van der Waals surface area contributed by atoms with Crippen molar-refractivity contribution in [2.45, 2.75) is 24.5 Å². The predicted molar refractivity (Wildman–Crippen MR) is 83.4 cm³/mol. The Balaban J connectivity index is 1.72. The van der Waals surface area contributed by atoms with Gasteiger partial charge in [-0.1, -0.05) is 18.2 Å². The lowest BCUT2D eigenvalue weighted by Crippen LogP contribution is -2.15. The molecular weight excluding hydrogens is 284 g/mol. The van der Waals surface area contributed by atoms with E-state index in [0.717, 1.165) is 30.9 Å². The highest BCUT2D eigenvalue weighted by Crippen LogP contribution is 2.26. The van der Waals surface area contributed by atoms with Crippen LogP contribution in [-0.4, -0.2) is 19.6 Å². The number of nitrogens with zero attached hydrogens (tertiary/aromatic N) is 1. The minimum absolute atomic E-state index is 0.365. The van der Waals surface area contributed by atoms with Crippen molar-refractivity contribution < 1.29 is 8.42 Å². The molecule has 0 aliphatic carbocycles. The van der Waals surface area contributed by atoms with E-state index in [1.165, 1.54) is 17.4 Å². The van der Waals surface area contributed by atoms with Crippen molar-refractivity contribution in [2.75, 3.05) is 12.0 Å². The third-order valence-corrected chi connectivity index (χ3v) is 4.90. The summed E-state index contributed by atoms with van der Waals surface area (Å²) in [6.07, 6.45) is 1.23. The number of nitrogen functional groups attached to an aromatic ring is 1. The van der Waals surface area contributed by atoms with Crippen molar-refractivity contribution in [3.63, 3.8) is 0 Å². The van der Waals surface area contributed by atoms with Crippen LogP contribution in [0.5, 0.6) is 0 Å². The van der Waals surface area contributed by atoms with Crippen molar-refractivity contribution in [1.29, 1.82) is 0 Å². The van der Waals surface area contributed by atoms with Crippen molar-refractivity contribution >= 4 is 15.5 Å². The maximum atomic E-state index is 11.4. The maximum Gasteiger partial charge on any atom is 0.175 e. The number of hydrogen-bond donors (Lipinski definition) is 1. The van der Waals surface area contributed by atoms with Crippen molar-refractivity contribution in [3.05, 3.63) is 59.2 Å². The summed E-state index contributed by atoms with van der Waals surface area (Å²) in [4.78, 5) is 2.68. The number of sulfone groups is 1. The highest BCUT2D eigenvalue weighted by atomic mass is 32.2. The predicted octanol–water partition coefficient (Wildman–Crippen LogP) is 2.19. The molecule has 0 bridgehead atoms. The second kappa shape index (κ2) is 5.16. The first-order valence-corrected chi connectivity index (χ1v) is 8.69. The SMILES string of the molecule is CS(=O)(=O)c1ccc(CN2Cc3ccc(N)cc3C2)cc1. The Bertz CT molecular complexity index is 767. The van der Waals surface area contributed by atoms with E-state index in [1.807, 2.05) is 24.3 Å². The molecule has 0 spiro atoms. The van der Waals surface area contributed by atoms with E-state index in [2.05, 4.69) is 11.0 Å². The summed E-state index contributed by atoms with van der Waals surface area (Å²) in [5, 5.41) is 0. The molecule has 1 heterocycles. The monoisotopic (exact) mass is 302 g/mol. The largest absolute Gasteiger partial charge is 0.399 e. The number of anilines is 1. The highest BCUT2D eigenvalue weighted by molar-refractivity contribution is 7.90. The first kappa shape index (κ1) is 14.1. The summed E-state index contributed by atoms with van der Waals surface area (Å²) in [6.45, 7) is 2.59. The topological polar surface area (TPSA) is 63.4 Å². The molecule has 0 atom stereocenters. The average Bonchev–Trinajstić information content (AvgIpc) is 2.79. The zero-order valence-corrected chi connectivity index (χ0v) is 12.7. The molecule has 2 N–H and O–H groups in total. The van der Waals surface area contributed by atoms with Gasteiger partial charge in [-0.25, -0.2) is 8.42 Å². The summed E-state index contributed by atoms with van der Waals surface area (Å²) in [5.74, 6) is 0. The van der Waals surface area contributed by atoms with E-state index >= 15 is 0 Å². The van der Waals surface area contributed by atoms with Crippen LogP contribution in [0, 0.1) is 0 Å². The third kappa shape index (κ3) is 3.09. The van der Waals surface area contributed by atoms with Crippen LogP contribution in [0.1, 0.15) is 16.7 Å². The minimum atomic E-state index is -3.12. The quantitative estimate of drug-likeness (QED) is 0.883. The zero-order valence-electron chi connectivity index (χ0n) is 11.9. The van der Waals surface area contributed by atoms with Crippen LogP contribution in [0.2, 0.25) is 0 Å². The summed E-state index contributed by atoms with van der Waals surface area (Å²) >= 11 is 0. The maximum absolute atomic E-state index is 11.4.